The van der Waals surface area contributed by atoms with Crippen molar-refractivity contribution in [2.45, 2.75) is 0 Å². The number of rotatable bonds is 8. The second kappa shape index (κ2) is 18.5. The summed E-state index contributed by atoms with van der Waals surface area (Å²) in [5.74, 6) is 0.583. The first-order valence-corrected chi connectivity index (χ1v) is 24.7. The van der Waals surface area contributed by atoms with Gasteiger partial charge in [-0.2, -0.15) is 15.8 Å². The van der Waals surface area contributed by atoms with Crippen molar-refractivity contribution < 1.29 is 0 Å². The maximum Gasteiger partial charge on any atom is 0.189 e. The molecule has 0 fully saturated rings. The van der Waals surface area contributed by atoms with Crippen molar-refractivity contribution in [3.05, 3.63) is 259 Å². The summed E-state index contributed by atoms with van der Waals surface area (Å²) < 4.78 is 4.66. The van der Waals surface area contributed by atoms with Crippen LogP contribution in [-0.2, 0) is 0 Å². The van der Waals surface area contributed by atoms with E-state index in [2.05, 4.69) is 190 Å². The van der Waals surface area contributed by atoms with Gasteiger partial charge in [0, 0.05) is 54.9 Å². The number of hydrogen-bond acceptors (Lipinski definition) is 5. The second-order valence-electron chi connectivity index (χ2n) is 18.6. The molecule has 0 aliphatic carbocycles. The first-order chi connectivity index (χ1) is 37.5. The Bertz CT molecular complexity index is 4570. The van der Waals surface area contributed by atoms with Crippen LogP contribution in [0.2, 0.25) is 0 Å². The minimum atomic E-state index is 0.414. The van der Waals surface area contributed by atoms with Crippen molar-refractivity contribution >= 4 is 49.3 Å². The van der Waals surface area contributed by atoms with Crippen LogP contribution in [0.15, 0.2) is 231 Å². The lowest BCUT2D eigenvalue weighted by molar-refractivity contribution is 1.15. The predicted molar refractivity (Wildman–Crippen MR) is 304 cm³/mol. The van der Waals surface area contributed by atoms with Crippen LogP contribution in [-0.4, -0.2) is 19.1 Å². The number of benzene rings is 10. The predicted octanol–water partition coefficient (Wildman–Crippen LogP) is 16.8. The molecule has 10 aromatic carbocycles. The van der Waals surface area contributed by atoms with E-state index >= 15 is 0 Å². The number of nitrogens with zero attached hydrogens (tertiary/aromatic N) is 8. The Hall–Kier alpha value is -11.2. The summed E-state index contributed by atoms with van der Waals surface area (Å²) in [6.45, 7) is 7.76. The van der Waals surface area contributed by atoms with E-state index in [4.69, 9.17) is 16.5 Å². The van der Waals surface area contributed by atoms with Crippen molar-refractivity contribution in [2.24, 2.45) is 0 Å². The lowest BCUT2D eigenvalue weighted by Crippen LogP contribution is -2.03. The fourth-order valence-electron chi connectivity index (χ4n) is 10.7. The van der Waals surface area contributed by atoms with Crippen molar-refractivity contribution in [3.8, 4) is 96.9 Å². The smallest absolute Gasteiger partial charge is 0.189 e. The minimum Gasteiger partial charge on any atom is -0.309 e. The van der Waals surface area contributed by atoms with Gasteiger partial charge in [-0.15, -0.1) is 0 Å². The van der Waals surface area contributed by atoms with Crippen LogP contribution >= 0.6 is 0 Å². The molecule has 3 aromatic heterocycles. The molecule has 0 aliphatic rings. The minimum absolute atomic E-state index is 0.414. The third-order valence-electron chi connectivity index (χ3n) is 14.2. The highest BCUT2D eigenvalue weighted by Crippen LogP contribution is 2.44. The summed E-state index contributed by atoms with van der Waals surface area (Å²) in [4.78, 5) is 14.3. The van der Waals surface area contributed by atoms with Gasteiger partial charge in [0.05, 0.1) is 80.7 Å². The van der Waals surface area contributed by atoms with Crippen molar-refractivity contribution in [2.75, 3.05) is 0 Å². The molecule has 0 atom stereocenters. The molecule has 0 saturated heterocycles. The summed E-state index contributed by atoms with van der Waals surface area (Å²) >= 11 is 0. The molecule has 0 bridgehead atoms. The molecule has 0 spiro atoms. The fourth-order valence-corrected chi connectivity index (χ4v) is 10.7. The van der Waals surface area contributed by atoms with E-state index < -0.39 is 0 Å². The quantitative estimate of drug-likeness (QED) is 0.141. The zero-order chi connectivity index (χ0) is 51.3. The van der Waals surface area contributed by atoms with E-state index in [1.54, 1.807) is 12.1 Å². The van der Waals surface area contributed by atoms with E-state index in [1.807, 2.05) is 60.7 Å². The van der Waals surface area contributed by atoms with E-state index in [-0.39, 0.29) is 0 Å². The van der Waals surface area contributed by atoms with Gasteiger partial charge in [0.25, 0.3) is 0 Å². The van der Waals surface area contributed by atoms with E-state index in [0.29, 0.717) is 28.2 Å². The summed E-state index contributed by atoms with van der Waals surface area (Å²) in [5, 5.41) is 33.8. The zero-order valence-electron chi connectivity index (χ0n) is 40.5. The van der Waals surface area contributed by atoms with Crippen LogP contribution in [0.3, 0.4) is 0 Å². The van der Waals surface area contributed by atoms with Gasteiger partial charge in [-0.05, 0) is 125 Å². The third-order valence-corrected chi connectivity index (χ3v) is 14.2. The van der Waals surface area contributed by atoms with Gasteiger partial charge in [0.15, 0.2) is 11.5 Å². The molecule has 0 radical (unpaired) electrons. The Balaban J connectivity index is 1.08. The highest BCUT2D eigenvalue weighted by Gasteiger charge is 2.23. The number of para-hydroxylation sites is 3. The molecule has 0 N–H and O–H groups in total. The number of fused-ring (bicyclic) bond motifs is 6. The lowest BCUT2D eigenvalue weighted by Gasteiger charge is -2.20. The molecular formula is C68H38N8. The topological polar surface area (TPSA) is 111 Å². The molecule has 8 heteroatoms. The monoisotopic (exact) mass is 966 g/mol. The van der Waals surface area contributed by atoms with E-state index in [0.717, 1.165) is 116 Å². The van der Waals surface area contributed by atoms with Gasteiger partial charge >= 0.3 is 0 Å². The molecule has 0 saturated carbocycles. The molecule has 13 aromatic rings. The molecule has 0 aliphatic heterocycles. The lowest BCUT2D eigenvalue weighted by atomic mass is 9.97. The van der Waals surface area contributed by atoms with Crippen LogP contribution < -0.4 is 0 Å². The van der Waals surface area contributed by atoms with Gasteiger partial charge in [-0.3, -0.25) is 0 Å². The Morgan fingerprint density at radius 2 is 0.803 bits per heavy atom. The highest BCUT2D eigenvalue weighted by molar-refractivity contribution is 6.13. The van der Waals surface area contributed by atoms with Crippen molar-refractivity contribution in [1.29, 1.82) is 15.8 Å². The average molecular weight is 967 g/mol. The molecule has 0 unspecified atom stereocenters. The molecule has 350 valence electrons. The Morgan fingerprint density at radius 1 is 0.342 bits per heavy atom. The molecule has 3 heterocycles. The number of nitriles is 3. The van der Waals surface area contributed by atoms with Crippen LogP contribution in [0.4, 0.5) is 5.69 Å². The normalized spacial score (nSPS) is 11.1. The molecule has 76 heavy (non-hydrogen) atoms. The Kier molecular flexibility index (Phi) is 10.9. The van der Waals surface area contributed by atoms with Crippen LogP contribution in [0, 0.1) is 40.6 Å². The van der Waals surface area contributed by atoms with Gasteiger partial charge in [0.1, 0.15) is 0 Å². The highest BCUT2D eigenvalue weighted by atomic mass is 15.0. The number of aromatic nitrogens is 4. The summed E-state index contributed by atoms with van der Waals surface area (Å²) in [5.41, 5.74) is 17.3. The third kappa shape index (κ3) is 7.68. The summed E-state index contributed by atoms with van der Waals surface area (Å²) in [7, 11) is 0. The van der Waals surface area contributed by atoms with Gasteiger partial charge in [-0.1, -0.05) is 127 Å². The zero-order valence-corrected chi connectivity index (χ0v) is 40.5. The first kappa shape index (κ1) is 44.8. The summed E-state index contributed by atoms with van der Waals surface area (Å²) in [6.07, 6.45) is 0. The fraction of sp³-hybridized carbons (Fsp3) is 0. The second-order valence-corrected chi connectivity index (χ2v) is 18.6. The number of hydrogen-bond donors (Lipinski definition) is 0. The van der Waals surface area contributed by atoms with Crippen molar-refractivity contribution in [3.63, 3.8) is 0 Å². The van der Waals surface area contributed by atoms with Gasteiger partial charge in [-0.25, -0.2) is 14.8 Å². The maximum absolute atomic E-state index is 9.90. The Morgan fingerprint density at radius 3 is 1.36 bits per heavy atom. The molecule has 0 amide bonds. The van der Waals surface area contributed by atoms with Crippen molar-refractivity contribution in [1.82, 2.24) is 19.1 Å². The molecule has 13 rings (SSSR count). The first-order valence-electron chi connectivity index (χ1n) is 24.7. The van der Waals surface area contributed by atoms with Gasteiger partial charge < -0.3 is 9.13 Å². The standard InChI is InChI=1S/C68H38N8/c1-72-53-34-45(42-71)33-52(35-53)49-25-28-66-58(37-49)55-19-9-13-23-64(55)76(66)67-29-26-50(68-73-60(46-14-4-2-5-15-46)39-61(74-68)47-16-6-3-7-17-47)38-59(67)56-20-10-12-22-63(56)75-62-21-11-8-18-54(62)57-36-48(24-27-65(57)75)51-31-43(40-69)30-44(32-51)41-70/h2-39H. The largest absolute Gasteiger partial charge is 0.309 e. The van der Waals surface area contributed by atoms with E-state index in [9.17, 15) is 15.8 Å². The van der Waals surface area contributed by atoms with Crippen LogP contribution in [0.5, 0.6) is 0 Å². The molecule has 8 nitrogen and oxygen atoms in total. The van der Waals surface area contributed by atoms with E-state index in [1.165, 1.54) is 0 Å². The average Bonchev–Trinajstić information content (AvgIpc) is 4.10. The SMILES string of the molecule is [C-]#[N+]c1cc(C#N)cc(-c2ccc3c(c2)c2ccccc2n3-c2ccc(-c3nc(-c4ccccc4)cc(-c4ccccc4)n3)cc2-c2ccccc2-n2c3ccccc3c3cc(-c4cc(C#N)cc(C#N)c4)ccc32)c1. The Labute approximate surface area is 437 Å². The molecular weight excluding hydrogens is 929 g/mol. The summed E-state index contributed by atoms with van der Waals surface area (Å²) in [6, 6.07) is 84.4. The van der Waals surface area contributed by atoms with Crippen LogP contribution in [0.25, 0.3) is 127 Å². The maximum atomic E-state index is 9.90. The van der Waals surface area contributed by atoms with Gasteiger partial charge in [0.2, 0.25) is 0 Å². The van der Waals surface area contributed by atoms with Crippen LogP contribution in [0.1, 0.15) is 16.7 Å².